The highest BCUT2D eigenvalue weighted by Gasteiger charge is 2.16. The fourth-order valence-electron chi connectivity index (χ4n) is 1.76. The molecule has 0 saturated carbocycles. The van der Waals surface area contributed by atoms with Gasteiger partial charge in [-0.25, -0.2) is 4.98 Å². The first kappa shape index (κ1) is 11.4. The van der Waals surface area contributed by atoms with Gasteiger partial charge in [-0.3, -0.25) is 5.73 Å². The number of aromatic nitrogens is 1. The molecule has 0 aliphatic rings. The molecule has 0 fully saturated rings. The number of nitrogens with zero attached hydrogens (tertiary/aromatic N) is 1. The van der Waals surface area contributed by atoms with Crippen molar-refractivity contribution in [1.82, 2.24) is 0 Å². The zero-order chi connectivity index (χ0) is 12.4. The standard InChI is InChI=1S/C13H10ClN3/c1-8-6-10(11(7-15)13(16)17-8)9-4-2-3-5-12(9)14/h2-6H,1H3,(H2,16,17)/p+1. The minimum absolute atomic E-state index is 0.363. The Labute approximate surface area is 104 Å². The van der Waals surface area contributed by atoms with Crippen LogP contribution in [0.25, 0.3) is 11.1 Å². The van der Waals surface area contributed by atoms with E-state index in [0.717, 1.165) is 16.8 Å². The first-order valence-electron chi connectivity index (χ1n) is 5.11. The van der Waals surface area contributed by atoms with Crippen LogP contribution < -0.4 is 10.7 Å². The number of rotatable bonds is 1. The Morgan fingerprint density at radius 2 is 2.00 bits per heavy atom. The number of pyridine rings is 1. The monoisotopic (exact) mass is 244 g/mol. The van der Waals surface area contributed by atoms with E-state index in [1.807, 2.05) is 31.2 Å². The molecule has 1 aromatic carbocycles. The molecule has 84 valence electrons. The summed E-state index contributed by atoms with van der Waals surface area (Å²) in [7, 11) is 0. The van der Waals surface area contributed by atoms with E-state index in [1.165, 1.54) is 0 Å². The van der Waals surface area contributed by atoms with Crippen molar-refractivity contribution in [1.29, 1.82) is 5.26 Å². The van der Waals surface area contributed by atoms with Crippen LogP contribution >= 0.6 is 11.6 Å². The van der Waals surface area contributed by atoms with E-state index >= 15 is 0 Å². The van der Waals surface area contributed by atoms with Crippen molar-refractivity contribution in [2.24, 2.45) is 0 Å². The Balaban J connectivity index is 2.76. The Kier molecular flexibility index (Phi) is 2.99. The van der Waals surface area contributed by atoms with Crippen LogP contribution in [-0.2, 0) is 0 Å². The van der Waals surface area contributed by atoms with Gasteiger partial charge in [-0.05, 0) is 19.1 Å². The van der Waals surface area contributed by atoms with E-state index in [4.69, 9.17) is 22.6 Å². The lowest BCUT2D eigenvalue weighted by Crippen LogP contribution is -2.16. The van der Waals surface area contributed by atoms with Crippen LogP contribution in [0.15, 0.2) is 30.3 Å². The van der Waals surface area contributed by atoms with Crippen molar-refractivity contribution < 1.29 is 4.98 Å². The van der Waals surface area contributed by atoms with Gasteiger partial charge in [0.2, 0.25) is 0 Å². The Morgan fingerprint density at radius 1 is 1.29 bits per heavy atom. The molecule has 0 radical (unpaired) electrons. The number of benzene rings is 1. The second-order valence-corrected chi connectivity index (χ2v) is 4.15. The first-order valence-corrected chi connectivity index (χ1v) is 5.48. The summed E-state index contributed by atoms with van der Waals surface area (Å²) < 4.78 is 0. The number of aryl methyl sites for hydroxylation is 1. The number of H-pyrrole nitrogens is 1. The third-order valence-corrected chi connectivity index (χ3v) is 2.84. The highest BCUT2D eigenvalue weighted by molar-refractivity contribution is 6.33. The van der Waals surface area contributed by atoms with Gasteiger partial charge in [-0.15, -0.1) is 0 Å². The summed E-state index contributed by atoms with van der Waals surface area (Å²) in [5, 5.41) is 9.75. The van der Waals surface area contributed by atoms with Gasteiger partial charge in [-0.1, -0.05) is 29.8 Å². The Morgan fingerprint density at radius 3 is 2.65 bits per heavy atom. The van der Waals surface area contributed by atoms with Crippen molar-refractivity contribution in [2.75, 3.05) is 5.73 Å². The summed E-state index contributed by atoms with van der Waals surface area (Å²) in [4.78, 5) is 2.93. The Hall–Kier alpha value is -2.05. The van der Waals surface area contributed by atoms with Crippen LogP contribution in [0.1, 0.15) is 11.3 Å². The number of nitrogen functional groups attached to an aromatic ring is 1. The smallest absolute Gasteiger partial charge is 0.286 e. The largest absolute Gasteiger partial charge is 0.289 e. The molecule has 2 rings (SSSR count). The fraction of sp³-hybridized carbons (Fsp3) is 0.0769. The number of hydrogen-bond donors (Lipinski definition) is 1. The maximum absolute atomic E-state index is 9.15. The summed E-state index contributed by atoms with van der Waals surface area (Å²) in [6.45, 7) is 1.89. The van der Waals surface area contributed by atoms with E-state index in [2.05, 4.69) is 11.1 Å². The van der Waals surface area contributed by atoms with Gasteiger partial charge in [0.15, 0.2) is 0 Å². The molecule has 4 heteroatoms. The Bertz CT molecular complexity index is 615. The van der Waals surface area contributed by atoms with E-state index < -0.39 is 0 Å². The van der Waals surface area contributed by atoms with Crippen molar-refractivity contribution in [2.45, 2.75) is 6.92 Å². The van der Waals surface area contributed by atoms with E-state index in [0.29, 0.717) is 16.4 Å². The van der Waals surface area contributed by atoms with Gasteiger partial charge in [0.05, 0.1) is 5.69 Å². The highest BCUT2D eigenvalue weighted by atomic mass is 35.5. The van der Waals surface area contributed by atoms with Crippen molar-refractivity contribution in [3.05, 3.63) is 46.6 Å². The number of anilines is 1. The SMILES string of the molecule is Cc1cc(-c2ccccc2Cl)c(C#N)c(N)[nH+]1. The van der Waals surface area contributed by atoms with Crippen LogP contribution in [0.3, 0.4) is 0 Å². The molecule has 2 aromatic rings. The summed E-state index contributed by atoms with van der Waals surface area (Å²) in [5.74, 6) is 0.363. The number of aromatic amines is 1. The second-order valence-electron chi connectivity index (χ2n) is 3.75. The summed E-state index contributed by atoms with van der Waals surface area (Å²) >= 11 is 6.13. The van der Waals surface area contributed by atoms with Crippen LogP contribution in [0, 0.1) is 18.3 Å². The van der Waals surface area contributed by atoms with Crippen LogP contribution in [-0.4, -0.2) is 0 Å². The molecule has 0 atom stereocenters. The highest BCUT2D eigenvalue weighted by Crippen LogP contribution is 2.31. The second kappa shape index (κ2) is 4.44. The molecule has 1 aromatic heterocycles. The number of nitriles is 1. The number of halogens is 1. The van der Waals surface area contributed by atoms with E-state index in [1.54, 1.807) is 6.07 Å². The van der Waals surface area contributed by atoms with Gasteiger partial charge in [0.25, 0.3) is 5.82 Å². The number of hydrogen-bond acceptors (Lipinski definition) is 2. The van der Waals surface area contributed by atoms with Gasteiger partial charge in [-0.2, -0.15) is 5.26 Å². The molecule has 0 bridgehead atoms. The van der Waals surface area contributed by atoms with Gasteiger partial charge in [0, 0.05) is 16.1 Å². The summed E-state index contributed by atoms with van der Waals surface area (Å²) in [5.41, 5.74) is 8.68. The molecule has 3 nitrogen and oxygen atoms in total. The third kappa shape index (κ3) is 2.08. The number of nitrogens with one attached hydrogen (secondary N) is 1. The predicted octanol–water partition coefficient (Wildman–Crippen LogP) is 2.58. The lowest BCUT2D eigenvalue weighted by atomic mass is 10.0. The molecule has 1 heterocycles. The van der Waals surface area contributed by atoms with Crippen LogP contribution in [0.4, 0.5) is 5.82 Å². The molecular weight excluding hydrogens is 234 g/mol. The summed E-state index contributed by atoms with van der Waals surface area (Å²) in [6, 6.07) is 11.4. The zero-order valence-corrected chi connectivity index (χ0v) is 10.0. The van der Waals surface area contributed by atoms with Crippen molar-refractivity contribution in [3.63, 3.8) is 0 Å². The normalized spacial score (nSPS) is 9.94. The maximum atomic E-state index is 9.15. The average molecular weight is 245 g/mol. The molecule has 3 N–H and O–H groups in total. The zero-order valence-electron chi connectivity index (χ0n) is 9.29. The summed E-state index contributed by atoms with van der Waals surface area (Å²) in [6.07, 6.45) is 0. The maximum Gasteiger partial charge on any atom is 0.289 e. The van der Waals surface area contributed by atoms with Crippen molar-refractivity contribution in [3.8, 4) is 17.2 Å². The topological polar surface area (TPSA) is 64.0 Å². The van der Waals surface area contributed by atoms with Crippen LogP contribution in [0.2, 0.25) is 5.02 Å². The van der Waals surface area contributed by atoms with Crippen molar-refractivity contribution >= 4 is 17.4 Å². The predicted molar refractivity (Wildman–Crippen MR) is 67.3 cm³/mol. The average Bonchev–Trinajstić information content (AvgIpc) is 2.28. The number of nitrogens with two attached hydrogens (primary N) is 1. The minimum atomic E-state index is 0.363. The van der Waals surface area contributed by atoms with Gasteiger partial charge in [0.1, 0.15) is 11.6 Å². The molecule has 17 heavy (non-hydrogen) atoms. The molecule has 0 spiro atoms. The lowest BCUT2D eigenvalue weighted by Gasteiger charge is -2.06. The third-order valence-electron chi connectivity index (χ3n) is 2.51. The molecule has 0 amide bonds. The van der Waals surface area contributed by atoms with Crippen LogP contribution in [0.5, 0.6) is 0 Å². The molecule has 0 aliphatic carbocycles. The van der Waals surface area contributed by atoms with Gasteiger partial charge >= 0.3 is 0 Å². The molecular formula is C13H11ClN3+. The van der Waals surface area contributed by atoms with Gasteiger partial charge < -0.3 is 0 Å². The first-order chi connectivity index (χ1) is 8.13. The van der Waals surface area contributed by atoms with E-state index in [-0.39, 0.29) is 0 Å². The fourth-order valence-corrected chi connectivity index (χ4v) is 1.99. The quantitative estimate of drug-likeness (QED) is 0.838. The lowest BCUT2D eigenvalue weighted by molar-refractivity contribution is -0.370. The molecule has 0 saturated heterocycles. The minimum Gasteiger partial charge on any atom is -0.286 e. The van der Waals surface area contributed by atoms with E-state index in [9.17, 15) is 0 Å². The molecule has 0 aliphatic heterocycles. The molecule has 0 unspecified atom stereocenters.